The zero-order valence-corrected chi connectivity index (χ0v) is 23.8. The van der Waals surface area contributed by atoms with Crippen LogP contribution in [0.25, 0.3) is 77.3 Å². The summed E-state index contributed by atoms with van der Waals surface area (Å²) in [6.07, 6.45) is 0. The van der Waals surface area contributed by atoms with Gasteiger partial charge in [-0.1, -0.05) is 133 Å². The number of nitrogens with zero attached hydrogens (tertiary/aromatic N) is 3. The van der Waals surface area contributed by atoms with E-state index in [1.807, 2.05) is 12.1 Å². The summed E-state index contributed by atoms with van der Waals surface area (Å²) in [5, 5.41) is 7.11. The Bertz CT molecular complexity index is 2310. The third kappa shape index (κ3) is 4.51. The maximum Gasteiger partial charge on any atom is 0.226 e. The van der Waals surface area contributed by atoms with Crippen molar-refractivity contribution >= 4 is 43.9 Å². The lowest BCUT2D eigenvalue weighted by atomic mass is 9.93. The Balaban J connectivity index is 1.25. The molecule has 0 aliphatic heterocycles. The molecule has 0 saturated carbocycles. The summed E-state index contributed by atoms with van der Waals surface area (Å²) in [5.74, 6) is 1.10. The second-order valence-electron chi connectivity index (χ2n) is 10.6. The fourth-order valence-corrected chi connectivity index (χ4v) is 6.24. The zero-order chi connectivity index (χ0) is 28.8. The number of hydrogen-bond acceptors (Lipinski definition) is 3. The minimum atomic E-state index is 0.167. The summed E-state index contributed by atoms with van der Waals surface area (Å²) < 4.78 is 0. The molecule has 0 aliphatic rings. The Hall–Kier alpha value is -5.38. The van der Waals surface area contributed by atoms with Gasteiger partial charge in [-0.05, 0) is 78.3 Å². The average Bonchev–Trinajstić information content (AvgIpc) is 3.07. The van der Waals surface area contributed by atoms with Gasteiger partial charge in [0.2, 0.25) is 5.28 Å². The zero-order valence-electron chi connectivity index (χ0n) is 23.1. The van der Waals surface area contributed by atoms with Crippen LogP contribution in [0.2, 0.25) is 5.28 Å². The van der Waals surface area contributed by atoms with Crippen molar-refractivity contribution in [3.8, 4) is 45.0 Å². The van der Waals surface area contributed by atoms with E-state index in [0.717, 1.165) is 32.8 Å². The number of halogens is 1. The standard InChI is InChI=1S/C39H24ClN3/c40-39-42-37(41-38(43-39)36-23-22-30(25-10-2-1-3-11-25)32-16-6-7-17-35(32)36)28-20-21-31-27(24-28)14-9-19-34(31)33-18-8-13-26-12-4-5-15-29(26)33/h1-24H. The van der Waals surface area contributed by atoms with E-state index in [2.05, 4.69) is 143 Å². The summed E-state index contributed by atoms with van der Waals surface area (Å²) in [5.41, 5.74) is 6.54. The van der Waals surface area contributed by atoms with Crippen molar-refractivity contribution in [2.24, 2.45) is 0 Å². The van der Waals surface area contributed by atoms with Gasteiger partial charge >= 0.3 is 0 Å². The van der Waals surface area contributed by atoms with Gasteiger partial charge in [-0.15, -0.1) is 0 Å². The largest absolute Gasteiger partial charge is 0.226 e. The second kappa shape index (κ2) is 10.5. The molecule has 8 aromatic rings. The van der Waals surface area contributed by atoms with Crippen LogP contribution < -0.4 is 0 Å². The number of fused-ring (bicyclic) bond motifs is 3. The Morgan fingerprint density at radius 3 is 1.72 bits per heavy atom. The van der Waals surface area contributed by atoms with Gasteiger partial charge in [0.1, 0.15) is 0 Å². The van der Waals surface area contributed by atoms with E-state index in [4.69, 9.17) is 16.6 Å². The third-order valence-corrected chi connectivity index (χ3v) is 8.25. The average molecular weight is 570 g/mol. The quantitative estimate of drug-likeness (QED) is 0.211. The molecule has 0 saturated heterocycles. The molecule has 4 heteroatoms. The summed E-state index contributed by atoms with van der Waals surface area (Å²) in [7, 11) is 0. The lowest BCUT2D eigenvalue weighted by Crippen LogP contribution is -1.98. The smallest absolute Gasteiger partial charge is 0.208 e. The summed E-state index contributed by atoms with van der Waals surface area (Å²) >= 11 is 6.54. The van der Waals surface area contributed by atoms with E-state index in [-0.39, 0.29) is 5.28 Å². The number of rotatable bonds is 4. The maximum absolute atomic E-state index is 6.54. The highest BCUT2D eigenvalue weighted by Crippen LogP contribution is 2.37. The molecule has 1 heterocycles. The molecule has 0 aliphatic carbocycles. The molecule has 1 aromatic heterocycles. The number of hydrogen-bond donors (Lipinski definition) is 0. The van der Waals surface area contributed by atoms with Gasteiger partial charge in [-0.3, -0.25) is 0 Å². The van der Waals surface area contributed by atoms with Gasteiger partial charge in [-0.2, -0.15) is 9.97 Å². The van der Waals surface area contributed by atoms with Crippen LogP contribution in [-0.2, 0) is 0 Å². The molecule has 0 fully saturated rings. The first-order chi connectivity index (χ1) is 21.2. The van der Waals surface area contributed by atoms with Crippen LogP contribution in [0.15, 0.2) is 146 Å². The maximum atomic E-state index is 6.54. The summed E-state index contributed by atoms with van der Waals surface area (Å²) in [4.78, 5) is 14.1. The molecule has 0 bridgehead atoms. The SMILES string of the molecule is Clc1nc(-c2ccc3c(-c4cccc5ccccc45)cccc3c2)nc(-c2ccc(-c3ccccc3)c3ccccc23)n1. The van der Waals surface area contributed by atoms with Gasteiger partial charge in [-0.25, -0.2) is 4.98 Å². The van der Waals surface area contributed by atoms with Crippen molar-refractivity contribution < 1.29 is 0 Å². The van der Waals surface area contributed by atoms with Gasteiger partial charge in [0.15, 0.2) is 11.6 Å². The molecule has 0 spiro atoms. The predicted octanol–water partition coefficient (Wildman–Crippen LogP) is 10.7. The molecule has 7 aromatic carbocycles. The molecule has 0 atom stereocenters. The van der Waals surface area contributed by atoms with Crippen molar-refractivity contribution in [3.63, 3.8) is 0 Å². The minimum absolute atomic E-state index is 0.167. The Morgan fingerprint density at radius 2 is 0.930 bits per heavy atom. The summed E-state index contributed by atoms with van der Waals surface area (Å²) in [6, 6.07) is 50.7. The van der Waals surface area contributed by atoms with Crippen LogP contribution in [-0.4, -0.2) is 15.0 Å². The predicted molar refractivity (Wildman–Crippen MR) is 179 cm³/mol. The van der Waals surface area contributed by atoms with Gasteiger partial charge < -0.3 is 0 Å². The molecule has 3 nitrogen and oxygen atoms in total. The van der Waals surface area contributed by atoms with Crippen molar-refractivity contribution in [3.05, 3.63) is 151 Å². The topological polar surface area (TPSA) is 38.7 Å². The van der Waals surface area contributed by atoms with Crippen LogP contribution in [0.5, 0.6) is 0 Å². The summed E-state index contributed by atoms with van der Waals surface area (Å²) in [6.45, 7) is 0. The highest BCUT2D eigenvalue weighted by Gasteiger charge is 2.15. The monoisotopic (exact) mass is 569 g/mol. The lowest BCUT2D eigenvalue weighted by Gasteiger charge is -2.13. The molecular weight excluding hydrogens is 546 g/mol. The van der Waals surface area contributed by atoms with Gasteiger partial charge in [0, 0.05) is 11.1 Å². The Labute approximate surface area is 254 Å². The van der Waals surface area contributed by atoms with Gasteiger partial charge in [0.05, 0.1) is 0 Å². The van der Waals surface area contributed by atoms with Crippen LogP contribution in [0.4, 0.5) is 0 Å². The van der Waals surface area contributed by atoms with Crippen molar-refractivity contribution in [1.29, 1.82) is 0 Å². The normalized spacial score (nSPS) is 11.4. The molecule has 8 rings (SSSR count). The lowest BCUT2D eigenvalue weighted by molar-refractivity contribution is 1.07. The first kappa shape index (κ1) is 25.3. The fraction of sp³-hybridized carbons (Fsp3) is 0. The third-order valence-electron chi connectivity index (χ3n) is 8.08. The van der Waals surface area contributed by atoms with E-state index in [1.165, 1.54) is 32.8 Å². The molecule has 0 radical (unpaired) electrons. The fourth-order valence-electron chi connectivity index (χ4n) is 6.08. The highest BCUT2D eigenvalue weighted by atomic mass is 35.5. The first-order valence-corrected chi connectivity index (χ1v) is 14.6. The minimum Gasteiger partial charge on any atom is -0.208 e. The molecule has 0 amide bonds. The van der Waals surface area contributed by atoms with E-state index in [0.29, 0.717) is 11.6 Å². The van der Waals surface area contributed by atoms with Crippen LogP contribution >= 0.6 is 11.6 Å². The van der Waals surface area contributed by atoms with Crippen LogP contribution in [0.1, 0.15) is 0 Å². The Kier molecular flexibility index (Phi) is 6.17. The first-order valence-electron chi connectivity index (χ1n) is 14.2. The van der Waals surface area contributed by atoms with E-state index >= 15 is 0 Å². The van der Waals surface area contributed by atoms with E-state index < -0.39 is 0 Å². The van der Waals surface area contributed by atoms with Crippen LogP contribution in [0, 0.1) is 0 Å². The van der Waals surface area contributed by atoms with E-state index in [9.17, 15) is 0 Å². The van der Waals surface area contributed by atoms with Crippen molar-refractivity contribution in [2.45, 2.75) is 0 Å². The number of benzene rings is 7. The van der Waals surface area contributed by atoms with Crippen molar-refractivity contribution in [1.82, 2.24) is 15.0 Å². The van der Waals surface area contributed by atoms with Gasteiger partial charge in [0.25, 0.3) is 0 Å². The van der Waals surface area contributed by atoms with E-state index in [1.54, 1.807) is 0 Å². The highest BCUT2D eigenvalue weighted by molar-refractivity contribution is 6.28. The van der Waals surface area contributed by atoms with Crippen LogP contribution in [0.3, 0.4) is 0 Å². The molecule has 0 N–H and O–H groups in total. The molecular formula is C39H24ClN3. The second-order valence-corrected chi connectivity index (χ2v) is 10.9. The molecule has 0 unspecified atom stereocenters. The number of aromatic nitrogens is 3. The molecule has 43 heavy (non-hydrogen) atoms. The Morgan fingerprint density at radius 1 is 0.349 bits per heavy atom. The molecule has 202 valence electrons. The van der Waals surface area contributed by atoms with Crippen molar-refractivity contribution in [2.75, 3.05) is 0 Å².